The Bertz CT molecular complexity index is 853. The first-order chi connectivity index (χ1) is 14.5. The molecular formula is C19H29N5O5S. The molecule has 1 atom stereocenters. The average Bonchev–Trinajstić information content (AvgIpc) is 3.19. The topological polar surface area (TPSA) is 124 Å². The number of carbonyl (C=O) groups excluding carboxylic acids is 1. The third-order valence-corrected chi connectivity index (χ3v) is 6.97. The maximum atomic E-state index is 13.2. The first-order valence-corrected chi connectivity index (χ1v) is 11.6. The molecule has 1 aromatic rings. The Labute approximate surface area is 176 Å². The van der Waals surface area contributed by atoms with Crippen LogP contribution in [0.2, 0.25) is 0 Å². The van der Waals surface area contributed by atoms with Gasteiger partial charge in [-0.3, -0.25) is 15.0 Å². The van der Waals surface area contributed by atoms with E-state index in [0.29, 0.717) is 31.2 Å². The summed E-state index contributed by atoms with van der Waals surface area (Å²) >= 11 is 0. The summed E-state index contributed by atoms with van der Waals surface area (Å²) in [7, 11) is -3.96. The second kappa shape index (κ2) is 10.2. The Morgan fingerprint density at radius 2 is 2.00 bits per heavy atom. The highest BCUT2D eigenvalue weighted by Gasteiger charge is 2.42. The van der Waals surface area contributed by atoms with E-state index in [1.54, 1.807) is 17.6 Å². The van der Waals surface area contributed by atoms with Crippen molar-refractivity contribution in [1.82, 2.24) is 20.1 Å². The van der Waals surface area contributed by atoms with Crippen molar-refractivity contribution >= 4 is 21.6 Å². The number of unbranched alkanes of at least 4 members (excludes halogenated alkanes) is 1. The SMILES string of the molecule is CCCCOc1ccc(S(=O)(=O)N2C/C(=N/N3CCNCC3)C[C@@H]2C(=O)NO)cc1. The van der Waals surface area contributed by atoms with E-state index in [2.05, 4.69) is 17.3 Å². The van der Waals surface area contributed by atoms with Crippen LogP contribution in [-0.4, -0.2) is 79.9 Å². The molecule has 0 aromatic heterocycles. The van der Waals surface area contributed by atoms with Gasteiger partial charge in [0.25, 0.3) is 5.91 Å². The lowest BCUT2D eigenvalue weighted by atomic mass is 10.2. The predicted molar refractivity (Wildman–Crippen MR) is 111 cm³/mol. The van der Waals surface area contributed by atoms with Gasteiger partial charge >= 0.3 is 0 Å². The number of benzene rings is 1. The zero-order chi connectivity index (χ0) is 21.6. The van der Waals surface area contributed by atoms with Crippen LogP contribution in [0.15, 0.2) is 34.3 Å². The van der Waals surface area contributed by atoms with Crippen molar-refractivity contribution in [3.8, 4) is 5.75 Å². The normalized spacial score (nSPS) is 21.7. The van der Waals surface area contributed by atoms with Crippen LogP contribution in [0.5, 0.6) is 5.75 Å². The fourth-order valence-electron chi connectivity index (χ4n) is 3.43. The van der Waals surface area contributed by atoms with Crippen LogP contribution < -0.4 is 15.5 Å². The number of carbonyl (C=O) groups is 1. The molecule has 2 aliphatic rings. The second-order valence-corrected chi connectivity index (χ2v) is 9.18. The highest BCUT2D eigenvalue weighted by Crippen LogP contribution is 2.27. The van der Waals surface area contributed by atoms with E-state index in [0.717, 1.165) is 30.2 Å². The van der Waals surface area contributed by atoms with Crippen LogP contribution in [-0.2, 0) is 14.8 Å². The Balaban J connectivity index is 1.79. The fraction of sp³-hybridized carbons (Fsp3) is 0.579. The number of hydrazone groups is 1. The molecule has 3 rings (SSSR count). The number of amides is 1. The van der Waals surface area contributed by atoms with Gasteiger partial charge in [0.1, 0.15) is 11.8 Å². The van der Waals surface area contributed by atoms with Crippen LogP contribution in [0.1, 0.15) is 26.2 Å². The van der Waals surface area contributed by atoms with E-state index in [-0.39, 0.29) is 17.9 Å². The van der Waals surface area contributed by atoms with E-state index < -0.39 is 22.0 Å². The summed E-state index contributed by atoms with van der Waals surface area (Å²) in [6.45, 7) is 5.66. The molecule has 2 heterocycles. The van der Waals surface area contributed by atoms with Gasteiger partial charge in [0, 0.05) is 32.6 Å². The van der Waals surface area contributed by atoms with Gasteiger partial charge < -0.3 is 10.1 Å². The van der Waals surface area contributed by atoms with Gasteiger partial charge in [-0.25, -0.2) is 13.9 Å². The maximum absolute atomic E-state index is 13.2. The van der Waals surface area contributed by atoms with Crippen molar-refractivity contribution in [3.05, 3.63) is 24.3 Å². The number of rotatable bonds is 8. The van der Waals surface area contributed by atoms with Gasteiger partial charge in [-0.2, -0.15) is 9.41 Å². The standard InChI is InChI=1S/C19H29N5O5S/c1-2-3-12-29-16-4-6-17(7-5-16)30(27,28)24-14-15(13-18(24)19(25)22-26)21-23-10-8-20-9-11-23/h4-7,18,20,26H,2-3,8-14H2,1H3,(H,22,25)/b21-15+/t18-/m1/s1. The third-order valence-electron chi connectivity index (χ3n) is 5.10. The minimum atomic E-state index is -3.96. The molecule has 2 fully saturated rings. The van der Waals surface area contributed by atoms with Crippen molar-refractivity contribution in [2.75, 3.05) is 39.3 Å². The van der Waals surface area contributed by atoms with Crippen molar-refractivity contribution < 1.29 is 23.2 Å². The molecule has 0 bridgehead atoms. The number of ether oxygens (including phenoxy) is 1. The van der Waals surface area contributed by atoms with Crippen molar-refractivity contribution in [2.24, 2.45) is 5.10 Å². The molecule has 1 aromatic carbocycles. The summed E-state index contributed by atoms with van der Waals surface area (Å²) in [5.74, 6) is -0.182. The molecule has 3 N–H and O–H groups in total. The zero-order valence-electron chi connectivity index (χ0n) is 17.1. The molecule has 0 unspecified atom stereocenters. The second-order valence-electron chi connectivity index (χ2n) is 7.29. The van der Waals surface area contributed by atoms with E-state index in [1.807, 2.05) is 5.01 Å². The van der Waals surface area contributed by atoms with E-state index >= 15 is 0 Å². The molecule has 0 aliphatic carbocycles. The molecule has 0 saturated carbocycles. The quantitative estimate of drug-likeness (QED) is 0.304. The summed E-state index contributed by atoms with van der Waals surface area (Å²) in [6, 6.07) is 5.10. The summed E-state index contributed by atoms with van der Waals surface area (Å²) in [5, 5.41) is 18.7. The van der Waals surface area contributed by atoms with Gasteiger partial charge in [-0.05, 0) is 30.7 Å². The smallest absolute Gasteiger partial charge is 0.262 e. The van der Waals surface area contributed by atoms with Gasteiger partial charge in [-0.15, -0.1) is 0 Å². The Kier molecular flexibility index (Phi) is 7.64. The summed E-state index contributed by atoms with van der Waals surface area (Å²) in [4.78, 5) is 12.2. The molecule has 30 heavy (non-hydrogen) atoms. The van der Waals surface area contributed by atoms with Crippen molar-refractivity contribution in [3.63, 3.8) is 0 Å². The molecule has 11 heteroatoms. The lowest BCUT2D eigenvalue weighted by Crippen LogP contribution is -2.45. The number of hydroxylamine groups is 1. The summed E-state index contributed by atoms with van der Waals surface area (Å²) in [6.07, 6.45) is 2.06. The van der Waals surface area contributed by atoms with Crippen LogP contribution in [0.25, 0.3) is 0 Å². The lowest BCUT2D eigenvalue weighted by Gasteiger charge is -2.25. The van der Waals surface area contributed by atoms with E-state index in [1.165, 1.54) is 12.1 Å². The summed E-state index contributed by atoms with van der Waals surface area (Å²) < 4.78 is 33.1. The average molecular weight is 440 g/mol. The van der Waals surface area contributed by atoms with E-state index in [9.17, 15) is 13.2 Å². The third kappa shape index (κ3) is 5.28. The number of sulfonamides is 1. The molecule has 2 aliphatic heterocycles. The number of nitrogens with zero attached hydrogens (tertiary/aromatic N) is 3. The molecule has 0 spiro atoms. The first kappa shape index (κ1) is 22.5. The monoisotopic (exact) mass is 439 g/mol. The minimum Gasteiger partial charge on any atom is -0.494 e. The predicted octanol–water partition coefficient (Wildman–Crippen LogP) is 0.395. The van der Waals surface area contributed by atoms with Gasteiger partial charge in [-0.1, -0.05) is 13.3 Å². The van der Waals surface area contributed by atoms with Crippen molar-refractivity contribution in [2.45, 2.75) is 37.1 Å². The Hall–Kier alpha value is -2.21. The summed E-state index contributed by atoms with van der Waals surface area (Å²) in [5.41, 5.74) is 2.17. The Morgan fingerprint density at radius 1 is 1.30 bits per heavy atom. The van der Waals surface area contributed by atoms with Gasteiger partial charge in [0.2, 0.25) is 10.0 Å². The molecule has 0 radical (unpaired) electrons. The molecule has 166 valence electrons. The molecular weight excluding hydrogens is 410 g/mol. The molecule has 2 saturated heterocycles. The lowest BCUT2D eigenvalue weighted by molar-refractivity contribution is -0.132. The number of nitrogens with one attached hydrogen (secondary N) is 2. The van der Waals surface area contributed by atoms with Crippen molar-refractivity contribution in [1.29, 1.82) is 0 Å². The van der Waals surface area contributed by atoms with Crippen LogP contribution >= 0.6 is 0 Å². The van der Waals surface area contributed by atoms with Gasteiger partial charge in [0.05, 0.1) is 23.8 Å². The van der Waals surface area contributed by atoms with E-state index in [4.69, 9.17) is 9.94 Å². The van der Waals surface area contributed by atoms with Gasteiger partial charge in [0.15, 0.2) is 0 Å². The number of piperazine rings is 1. The Morgan fingerprint density at radius 3 is 2.63 bits per heavy atom. The number of hydrogen-bond acceptors (Lipinski definition) is 8. The highest BCUT2D eigenvalue weighted by atomic mass is 32.2. The van der Waals surface area contributed by atoms with Crippen LogP contribution in [0.4, 0.5) is 0 Å². The minimum absolute atomic E-state index is 0.000893. The zero-order valence-corrected chi connectivity index (χ0v) is 17.9. The van der Waals surface area contributed by atoms with Crippen LogP contribution in [0.3, 0.4) is 0 Å². The number of hydrogen-bond donors (Lipinski definition) is 3. The van der Waals surface area contributed by atoms with Crippen LogP contribution in [0, 0.1) is 0 Å². The molecule has 1 amide bonds. The first-order valence-electron chi connectivity index (χ1n) is 10.2. The fourth-order valence-corrected chi connectivity index (χ4v) is 5.01. The maximum Gasteiger partial charge on any atom is 0.262 e. The molecule has 10 nitrogen and oxygen atoms in total. The largest absolute Gasteiger partial charge is 0.494 e. The highest BCUT2D eigenvalue weighted by molar-refractivity contribution is 7.89.